The zero-order valence-electron chi connectivity index (χ0n) is 8.41. The van der Waals surface area contributed by atoms with Crippen LogP contribution in [0.3, 0.4) is 0 Å². The number of hydrogen-bond donors (Lipinski definition) is 2. The van der Waals surface area contributed by atoms with E-state index >= 15 is 0 Å². The van der Waals surface area contributed by atoms with Gasteiger partial charge in [0.2, 0.25) is 0 Å². The molecule has 0 saturated carbocycles. The van der Waals surface area contributed by atoms with Crippen molar-refractivity contribution in [2.75, 3.05) is 31.8 Å². The molecule has 0 aromatic heterocycles. The van der Waals surface area contributed by atoms with Gasteiger partial charge in [0.1, 0.15) is 11.5 Å². The lowest BCUT2D eigenvalue weighted by molar-refractivity contribution is 0.404. The first-order chi connectivity index (χ1) is 6.81. The van der Waals surface area contributed by atoms with Gasteiger partial charge in [0.25, 0.3) is 0 Å². The molecule has 1 rings (SSSR count). The third kappa shape index (κ3) is 2.73. The van der Waals surface area contributed by atoms with Gasteiger partial charge in [-0.3, -0.25) is 0 Å². The van der Waals surface area contributed by atoms with Crippen molar-refractivity contribution in [3.05, 3.63) is 18.2 Å². The zero-order valence-corrected chi connectivity index (χ0v) is 9.30. The maximum absolute atomic E-state index is 5.20. The second-order valence-corrected chi connectivity index (χ2v) is 3.16. The number of thiol groups is 1. The van der Waals surface area contributed by atoms with Gasteiger partial charge in [-0.2, -0.15) is 12.6 Å². The van der Waals surface area contributed by atoms with E-state index in [1.54, 1.807) is 14.2 Å². The Morgan fingerprint density at radius 2 is 2.07 bits per heavy atom. The fraction of sp³-hybridized carbons (Fsp3) is 0.400. The smallest absolute Gasteiger partial charge is 0.142 e. The summed E-state index contributed by atoms with van der Waals surface area (Å²) in [6, 6.07) is 5.65. The van der Waals surface area contributed by atoms with Gasteiger partial charge in [-0.25, -0.2) is 0 Å². The third-order valence-electron chi connectivity index (χ3n) is 1.83. The maximum Gasteiger partial charge on any atom is 0.142 e. The normalized spacial score (nSPS) is 9.64. The van der Waals surface area contributed by atoms with Gasteiger partial charge in [-0.1, -0.05) is 0 Å². The minimum Gasteiger partial charge on any atom is -0.497 e. The van der Waals surface area contributed by atoms with Gasteiger partial charge >= 0.3 is 0 Å². The molecule has 78 valence electrons. The van der Waals surface area contributed by atoms with Gasteiger partial charge in [-0.15, -0.1) is 0 Å². The molecule has 0 unspecified atom stereocenters. The molecule has 4 heteroatoms. The number of anilines is 1. The Kier molecular flexibility index (Phi) is 4.46. The molecule has 0 aliphatic heterocycles. The van der Waals surface area contributed by atoms with E-state index in [1.807, 2.05) is 18.2 Å². The van der Waals surface area contributed by atoms with E-state index in [2.05, 4.69) is 17.9 Å². The van der Waals surface area contributed by atoms with Crippen LogP contribution in [0, 0.1) is 0 Å². The summed E-state index contributed by atoms with van der Waals surface area (Å²) < 4.78 is 10.3. The number of nitrogens with one attached hydrogen (secondary N) is 1. The Morgan fingerprint density at radius 3 is 2.64 bits per heavy atom. The SMILES string of the molecule is COc1ccc(OC)c(NCCS)c1. The monoisotopic (exact) mass is 213 g/mol. The minimum absolute atomic E-state index is 0.778. The third-order valence-corrected chi connectivity index (χ3v) is 2.06. The highest BCUT2D eigenvalue weighted by Gasteiger charge is 2.03. The summed E-state index contributed by atoms with van der Waals surface area (Å²) in [5.41, 5.74) is 0.931. The molecule has 0 fully saturated rings. The largest absolute Gasteiger partial charge is 0.497 e. The van der Waals surface area contributed by atoms with Gasteiger partial charge < -0.3 is 14.8 Å². The fourth-order valence-electron chi connectivity index (χ4n) is 1.14. The fourth-order valence-corrected chi connectivity index (χ4v) is 1.25. The van der Waals surface area contributed by atoms with Crippen LogP contribution in [-0.2, 0) is 0 Å². The van der Waals surface area contributed by atoms with Crippen LogP contribution < -0.4 is 14.8 Å². The Bertz CT molecular complexity index is 291. The van der Waals surface area contributed by atoms with E-state index in [1.165, 1.54) is 0 Å². The van der Waals surface area contributed by atoms with E-state index in [9.17, 15) is 0 Å². The number of benzene rings is 1. The summed E-state index contributed by atoms with van der Waals surface area (Å²) in [5, 5.41) is 3.21. The Balaban J connectivity index is 2.84. The van der Waals surface area contributed by atoms with E-state index in [0.29, 0.717) is 0 Å². The van der Waals surface area contributed by atoms with Crippen molar-refractivity contribution in [1.82, 2.24) is 0 Å². The average molecular weight is 213 g/mol. The highest BCUT2D eigenvalue weighted by molar-refractivity contribution is 7.80. The van der Waals surface area contributed by atoms with Gasteiger partial charge in [-0.05, 0) is 12.1 Å². The van der Waals surface area contributed by atoms with Crippen molar-refractivity contribution in [2.24, 2.45) is 0 Å². The summed E-state index contributed by atoms with van der Waals surface area (Å²) >= 11 is 4.13. The Morgan fingerprint density at radius 1 is 1.29 bits per heavy atom. The van der Waals surface area contributed by atoms with Crippen LogP contribution >= 0.6 is 12.6 Å². The molecule has 0 saturated heterocycles. The lowest BCUT2D eigenvalue weighted by Gasteiger charge is -2.11. The molecule has 1 aromatic carbocycles. The molecule has 3 nitrogen and oxygen atoms in total. The van der Waals surface area contributed by atoms with Crippen molar-refractivity contribution < 1.29 is 9.47 Å². The summed E-state index contributed by atoms with van der Waals surface area (Å²) in [7, 11) is 3.29. The van der Waals surface area contributed by atoms with Crippen LogP contribution in [0.1, 0.15) is 0 Å². The summed E-state index contributed by atoms with van der Waals surface area (Å²) in [4.78, 5) is 0. The molecule has 0 aliphatic carbocycles. The lowest BCUT2D eigenvalue weighted by Crippen LogP contribution is -2.04. The molecule has 1 N–H and O–H groups in total. The van der Waals surface area contributed by atoms with Gasteiger partial charge in [0.15, 0.2) is 0 Å². The van der Waals surface area contributed by atoms with Gasteiger partial charge in [0, 0.05) is 18.4 Å². The van der Waals surface area contributed by atoms with Crippen LogP contribution in [0.25, 0.3) is 0 Å². The van der Waals surface area contributed by atoms with Crippen LogP contribution in [0.5, 0.6) is 11.5 Å². The molecule has 14 heavy (non-hydrogen) atoms. The molecule has 0 atom stereocenters. The highest BCUT2D eigenvalue weighted by Crippen LogP contribution is 2.28. The minimum atomic E-state index is 0.778. The molecular weight excluding hydrogens is 198 g/mol. The zero-order chi connectivity index (χ0) is 10.4. The highest BCUT2D eigenvalue weighted by atomic mass is 32.1. The molecule has 0 bridgehead atoms. The summed E-state index contributed by atoms with van der Waals surface area (Å²) in [6.07, 6.45) is 0. The number of methoxy groups -OCH3 is 2. The molecule has 1 aromatic rings. The van der Waals surface area contributed by atoms with Crippen LogP contribution in [0.4, 0.5) is 5.69 Å². The van der Waals surface area contributed by atoms with Crippen molar-refractivity contribution in [2.45, 2.75) is 0 Å². The van der Waals surface area contributed by atoms with Gasteiger partial charge in [0.05, 0.1) is 19.9 Å². The molecule has 0 spiro atoms. The van der Waals surface area contributed by atoms with Crippen molar-refractivity contribution in [3.8, 4) is 11.5 Å². The Hall–Kier alpha value is -1.03. The average Bonchev–Trinajstić information content (AvgIpc) is 2.25. The van der Waals surface area contributed by atoms with E-state index in [4.69, 9.17) is 9.47 Å². The Labute approximate surface area is 89.8 Å². The molecule has 0 amide bonds. The predicted octanol–water partition coefficient (Wildman–Crippen LogP) is 2.05. The van der Waals surface area contributed by atoms with Crippen LogP contribution in [0.2, 0.25) is 0 Å². The second kappa shape index (κ2) is 5.65. The maximum atomic E-state index is 5.20. The number of rotatable bonds is 5. The number of hydrogen-bond acceptors (Lipinski definition) is 4. The first-order valence-corrected chi connectivity index (χ1v) is 5.02. The molecular formula is C10H15NO2S. The van der Waals surface area contributed by atoms with Crippen molar-refractivity contribution in [3.63, 3.8) is 0 Å². The molecule has 0 aliphatic rings. The first-order valence-electron chi connectivity index (χ1n) is 4.38. The second-order valence-electron chi connectivity index (χ2n) is 2.72. The topological polar surface area (TPSA) is 30.5 Å². The number of ether oxygens (including phenoxy) is 2. The van der Waals surface area contributed by atoms with E-state index in [-0.39, 0.29) is 0 Å². The van der Waals surface area contributed by atoms with E-state index in [0.717, 1.165) is 29.5 Å². The van der Waals surface area contributed by atoms with Crippen LogP contribution in [0.15, 0.2) is 18.2 Å². The van der Waals surface area contributed by atoms with E-state index < -0.39 is 0 Å². The molecule has 0 heterocycles. The molecule has 0 radical (unpaired) electrons. The quantitative estimate of drug-likeness (QED) is 0.734. The lowest BCUT2D eigenvalue weighted by atomic mass is 10.2. The standard InChI is InChI=1S/C10H15NO2S/c1-12-8-3-4-10(13-2)9(7-8)11-5-6-14/h3-4,7,11,14H,5-6H2,1-2H3. The van der Waals surface area contributed by atoms with Crippen molar-refractivity contribution >= 4 is 18.3 Å². The van der Waals surface area contributed by atoms with Crippen molar-refractivity contribution in [1.29, 1.82) is 0 Å². The predicted molar refractivity (Wildman–Crippen MR) is 61.9 cm³/mol. The summed E-state index contributed by atoms with van der Waals surface area (Å²) in [6.45, 7) is 0.798. The summed E-state index contributed by atoms with van der Waals surface area (Å²) in [5.74, 6) is 2.40. The first kappa shape index (κ1) is 11.0. The van der Waals surface area contributed by atoms with Crippen LogP contribution in [-0.4, -0.2) is 26.5 Å².